The van der Waals surface area contributed by atoms with E-state index in [1.807, 2.05) is 50.2 Å². The first-order chi connectivity index (χ1) is 10.6. The standard InChI is InChI=1S/C17H19Cl2NO2/c1-3-21-16-10-12(9-15(19)17(16)22-4-2)11-20-14-7-5-13(18)6-8-14/h5-10,20H,3-4,11H2,1-2H3. The number of rotatable bonds is 7. The Balaban J connectivity index is 2.15. The Labute approximate surface area is 141 Å². The maximum absolute atomic E-state index is 6.30. The lowest BCUT2D eigenvalue weighted by atomic mass is 10.2. The molecular weight excluding hydrogens is 321 g/mol. The number of anilines is 1. The molecular formula is C17H19Cl2NO2. The van der Waals surface area contributed by atoms with E-state index in [9.17, 15) is 0 Å². The molecule has 0 aliphatic heterocycles. The molecule has 22 heavy (non-hydrogen) atoms. The largest absolute Gasteiger partial charge is 0.490 e. The van der Waals surface area contributed by atoms with E-state index in [2.05, 4.69) is 5.32 Å². The molecule has 0 fully saturated rings. The summed E-state index contributed by atoms with van der Waals surface area (Å²) in [6, 6.07) is 11.4. The molecule has 1 N–H and O–H groups in total. The molecule has 2 rings (SSSR count). The van der Waals surface area contributed by atoms with Crippen molar-refractivity contribution in [3.63, 3.8) is 0 Å². The van der Waals surface area contributed by atoms with E-state index in [4.69, 9.17) is 32.7 Å². The minimum atomic E-state index is 0.544. The molecule has 0 heterocycles. The molecule has 0 aromatic heterocycles. The third-order valence-corrected chi connectivity index (χ3v) is 3.53. The van der Waals surface area contributed by atoms with Gasteiger partial charge in [0.05, 0.1) is 18.2 Å². The highest BCUT2D eigenvalue weighted by Gasteiger charge is 2.12. The first-order valence-corrected chi connectivity index (χ1v) is 7.97. The molecule has 0 saturated heterocycles. The molecule has 5 heteroatoms. The van der Waals surface area contributed by atoms with Gasteiger partial charge in [-0.1, -0.05) is 23.2 Å². The topological polar surface area (TPSA) is 30.5 Å². The quantitative estimate of drug-likeness (QED) is 0.732. The van der Waals surface area contributed by atoms with Gasteiger partial charge in [-0.3, -0.25) is 0 Å². The lowest BCUT2D eigenvalue weighted by Crippen LogP contribution is -2.03. The minimum Gasteiger partial charge on any atom is -0.490 e. The first-order valence-electron chi connectivity index (χ1n) is 7.21. The minimum absolute atomic E-state index is 0.544. The van der Waals surface area contributed by atoms with Crippen LogP contribution in [0.25, 0.3) is 0 Å². The summed E-state index contributed by atoms with van der Waals surface area (Å²) in [6.07, 6.45) is 0. The SMILES string of the molecule is CCOc1cc(CNc2ccc(Cl)cc2)cc(Cl)c1OCC. The van der Waals surface area contributed by atoms with E-state index < -0.39 is 0 Å². The predicted octanol–water partition coefficient (Wildman–Crippen LogP) is 5.40. The van der Waals surface area contributed by atoms with Crippen molar-refractivity contribution in [1.82, 2.24) is 0 Å². The Morgan fingerprint density at radius 2 is 1.64 bits per heavy atom. The van der Waals surface area contributed by atoms with Crippen LogP contribution in [0.2, 0.25) is 10.0 Å². The zero-order chi connectivity index (χ0) is 15.9. The third-order valence-electron chi connectivity index (χ3n) is 3.00. The summed E-state index contributed by atoms with van der Waals surface area (Å²) in [5.74, 6) is 1.27. The Bertz CT molecular complexity index is 615. The average molecular weight is 340 g/mol. The molecule has 118 valence electrons. The number of nitrogens with one attached hydrogen (secondary N) is 1. The molecule has 0 atom stereocenters. The zero-order valence-corrected chi connectivity index (χ0v) is 14.2. The molecule has 0 radical (unpaired) electrons. The lowest BCUT2D eigenvalue weighted by molar-refractivity contribution is 0.287. The van der Waals surface area contributed by atoms with Gasteiger partial charge in [0, 0.05) is 17.3 Å². The summed E-state index contributed by atoms with van der Waals surface area (Å²) >= 11 is 12.2. The monoisotopic (exact) mass is 339 g/mol. The van der Waals surface area contributed by atoms with Gasteiger partial charge in [0.1, 0.15) is 0 Å². The molecule has 0 aliphatic rings. The van der Waals surface area contributed by atoms with E-state index in [1.165, 1.54) is 0 Å². The second-order valence-corrected chi connectivity index (χ2v) is 5.48. The summed E-state index contributed by atoms with van der Waals surface area (Å²) in [7, 11) is 0. The fraction of sp³-hybridized carbons (Fsp3) is 0.294. The van der Waals surface area contributed by atoms with Gasteiger partial charge in [0.15, 0.2) is 11.5 Å². The maximum atomic E-state index is 6.30. The Kier molecular flexibility index (Phi) is 6.22. The molecule has 0 saturated carbocycles. The van der Waals surface area contributed by atoms with Crippen molar-refractivity contribution in [2.75, 3.05) is 18.5 Å². The van der Waals surface area contributed by atoms with Gasteiger partial charge in [-0.05, 0) is 55.8 Å². The van der Waals surface area contributed by atoms with Crippen molar-refractivity contribution in [1.29, 1.82) is 0 Å². The van der Waals surface area contributed by atoms with Crippen LogP contribution in [0, 0.1) is 0 Å². The summed E-state index contributed by atoms with van der Waals surface area (Å²) in [6.45, 7) is 5.59. The van der Waals surface area contributed by atoms with Crippen molar-refractivity contribution < 1.29 is 9.47 Å². The molecule has 2 aromatic carbocycles. The van der Waals surface area contributed by atoms with E-state index in [1.54, 1.807) is 0 Å². The van der Waals surface area contributed by atoms with Gasteiger partial charge in [-0.2, -0.15) is 0 Å². The van der Waals surface area contributed by atoms with Crippen LogP contribution in [0.5, 0.6) is 11.5 Å². The molecule has 0 spiro atoms. The van der Waals surface area contributed by atoms with Gasteiger partial charge in [0.2, 0.25) is 0 Å². The van der Waals surface area contributed by atoms with Crippen molar-refractivity contribution in [3.8, 4) is 11.5 Å². The predicted molar refractivity (Wildman–Crippen MR) is 92.6 cm³/mol. The van der Waals surface area contributed by atoms with Gasteiger partial charge in [-0.25, -0.2) is 0 Å². The Morgan fingerprint density at radius 3 is 2.27 bits per heavy atom. The number of hydrogen-bond donors (Lipinski definition) is 1. The second kappa shape index (κ2) is 8.16. The molecule has 3 nitrogen and oxygen atoms in total. The van der Waals surface area contributed by atoms with Crippen LogP contribution in [0.4, 0.5) is 5.69 Å². The highest BCUT2D eigenvalue weighted by atomic mass is 35.5. The van der Waals surface area contributed by atoms with Crippen molar-refractivity contribution in [2.45, 2.75) is 20.4 Å². The number of halogens is 2. The van der Waals surface area contributed by atoms with E-state index >= 15 is 0 Å². The summed E-state index contributed by atoms with van der Waals surface area (Å²) in [5, 5.41) is 4.59. The van der Waals surface area contributed by atoms with Crippen LogP contribution < -0.4 is 14.8 Å². The van der Waals surface area contributed by atoms with Crippen molar-refractivity contribution in [3.05, 3.63) is 52.0 Å². The summed E-state index contributed by atoms with van der Waals surface area (Å²) < 4.78 is 11.2. The molecule has 2 aromatic rings. The lowest BCUT2D eigenvalue weighted by Gasteiger charge is -2.15. The molecule has 0 unspecified atom stereocenters. The number of ether oxygens (including phenoxy) is 2. The van der Waals surface area contributed by atoms with Gasteiger partial charge in [-0.15, -0.1) is 0 Å². The van der Waals surface area contributed by atoms with Crippen LogP contribution >= 0.6 is 23.2 Å². The van der Waals surface area contributed by atoms with E-state index in [-0.39, 0.29) is 0 Å². The van der Waals surface area contributed by atoms with Crippen molar-refractivity contribution >= 4 is 28.9 Å². The van der Waals surface area contributed by atoms with Gasteiger partial charge >= 0.3 is 0 Å². The number of hydrogen-bond acceptors (Lipinski definition) is 3. The zero-order valence-electron chi connectivity index (χ0n) is 12.7. The summed E-state index contributed by atoms with van der Waals surface area (Å²) in [4.78, 5) is 0. The van der Waals surface area contributed by atoms with E-state index in [0.717, 1.165) is 11.3 Å². The van der Waals surface area contributed by atoms with Gasteiger partial charge in [0.25, 0.3) is 0 Å². The highest BCUT2D eigenvalue weighted by Crippen LogP contribution is 2.36. The molecule has 0 aliphatic carbocycles. The van der Waals surface area contributed by atoms with E-state index in [0.29, 0.717) is 41.3 Å². The van der Waals surface area contributed by atoms with Crippen molar-refractivity contribution in [2.24, 2.45) is 0 Å². The van der Waals surface area contributed by atoms with Crippen LogP contribution in [0.1, 0.15) is 19.4 Å². The Morgan fingerprint density at radius 1 is 0.955 bits per heavy atom. The fourth-order valence-electron chi connectivity index (χ4n) is 2.04. The van der Waals surface area contributed by atoms with Crippen LogP contribution in [0.15, 0.2) is 36.4 Å². The maximum Gasteiger partial charge on any atom is 0.179 e. The highest BCUT2D eigenvalue weighted by molar-refractivity contribution is 6.32. The number of benzene rings is 2. The normalized spacial score (nSPS) is 10.4. The molecule has 0 bridgehead atoms. The third kappa shape index (κ3) is 4.46. The Hall–Kier alpha value is -1.58. The van der Waals surface area contributed by atoms with Crippen LogP contribution in [-0.4, -0.2) is 13.2 Å². The van der Waals surface area contributed by atoms with Crippen LogP contribution in [0.3, 0.4) is 0 Å². The smallest absolute Gasteiger partial charge is 0.179 e. The second-order valence-electron chi connectivity index (χ2n) is 4.63. The average Bonchev–Trinajstić information content (AvgIpc) is 2.50. The first kappa shape index (κ1) is 16.8. The summed E-state index contributed by atoms with van der Waals surface area (Å²) in [5.41, 5.74) is 2.01. The van der Waals surface area contributed by atoms with Crippen LogP contribution in [-0.2, 0) is 6.54 Å². The molecule has 0 amide bonds. The van der Waals surface area contributed by atoms with Gasteiger partial charge < -0.3 is 14.8 Å². The fourth-order valence-corrected chi connectivity index (χ4v) is 2.46.